The fourth-order valence-electron chi connectivity index (χ4n) is 3.13. The molecular weight excluding hydrogens is 444 g/mol. The molecule has 1 aliphatic rings. The lowest BCUT2D eigenvalue weighted by Gasteiger charge is -2.28. The Kier molecular flexibility index (Phi) is 5.31. The van der Waals surface area contributed by atoms with Gasteiger partial charge < -0.3 is 0 Å². The number of hydrogen-bond donors (Lipinski definition) is 0. The molecule has 0 unspecified atom stereocenters. The van der Waals surface area contributed by atoms with Gasteiger partial charge in [0.2, 0.25) is 0 Å². The zero-order chi connectivity index (χ0) is 23.4. The second-order valence-corrected chi connectivity index (χ2v) is 11.0. The second kappa shape index (κ2) is 7.27. The number of aryl methyl sites for hydroxylation is 2. The van der Waals surface area contributed by atoms with Crippen LogP contribution in [0.1, 0.15) is 25.0 Å². The molecule has 0 bridgehead atoms. The number of sulfonamides is 2. The van der Waals surface area contributed by atoms with Gasteiger partial charge in [-0.05, 0) is 52.0 Å². The molecule has 0 N–H and O–H groups in total. The first-order chi connectivity index (χ1) is 14.3. The van der Waals surface area contributed by atoms with Crippen LogP contribution in [0.3, 0.4) is 0 Å². The fraction of sp³-hybridized carbons (Fsp3) is 0.250. The van der Waals surface area contributed by atoms with Crippen molar-refractivity contribution < 1.29 is 31.2 Å². The Bertz CT molecular complexity index is 1300. The number of imide groups is 1. The molecule has 164 valence electrons. The Morgan fingerprint density at radius 2 is 1.16 bits per heavy atom. The SMILES string of the molecule is CC(=O)[C@]1(C)C(=O)N(S(=O)(=O)c2ccc(C)cc2)C(=O)N1S(=O)(=O)c1ccc(C)cc1. The summed E-state index contributed by atoms with van der Waals surface area (Å²) in [5, 5.41) is 0. The summed E-state index contributed by atoms with van der Waals surface area (Å²) in [7, 11) is -9.50. The van der Waals surface area contributed by atoms with Gasteiger partial charge in [-0.25, -0.2) is 21.6 Å². The summed E-state index contributed by atoms with van der Waals surface area (Å²) in [6, 6.07) is 9.03. The highest BCUT2D eigenvalue weighted by atomic mass is 32.2. The maximum absolute atomic E-state index is 13.3. The average Bonchev–Trinajstić information content (AvgIpc) is 2.90. The molecule has 3 rings (SSSR count). The van der Waals surface area contributed by atoms with Crippen molar-refractivity contribution in [2.45, 2.75) is 43.0 Å². The maximum Gasteiger partial charge on any atom is 0.356 e. The summed E-state index contributed by atoms with van der Waals surface area (Å²) in [5.41, 5.74) is -1.09. The summed E-state index contributed by atoms with van der Waals surface area (Å²) in [6.07, 6.45) is 0. The van der Waals surface area contributed by atoms with E-state index < -0.39 is 43.3 Å². The second-order valence-electron chi connectivity index (χ2n) is 7.38. The molecule has 0 aliphatic carbocycles. The van der Waals surface area contributed by atoms with Gasteiger partial charge in [0.25, 0.3) is 26.0 Å². The van der Waals surface area contributed by atoms with E-state index in [1.165, 1.54) is 48.5 Å². The standard InChI is InChI=1S/C20H20N2O7S2/c1-13-5-9-16(10-6-13)30(26,27)21-18(24)20(4,15(3)23)22(19(21)25)31(28,29)17-11-7-14(2)8-12-17/h5-12H,1-4H3/t20-/m1/s1. The maximum atomic E-state index is 13.3. The van der Waals surface area contributed by atoms with Crippen molar-refractivity contribution in [1.82, 2.24) is 8.61 Å². The molecule has 9 nitrogen and oxygen atoms in total. The molecule has 1 heterocycles. The summed E-state index contributed by atoms with van der Waals surface area (Å²) in [4.78, 5) is 37.9. The van der Waals surface area contributed by atoms with E-state index in [0.29, 0.717) is 0 Å². The third kappa shape index (κ3) is 3.33. The summed E-state index contributed by atoms with van der Waals surface area (Å²) in [5.74, 6) is -2.45. The van der Waals surface area contributed by atoms with Crippen molar-refractivity contribution in [2.24, 2.45) is 0 Å². The van der Waals surface area contributed by atoms with Gasteiger partial charge in [-0.2, -0.15) is 4.31 Å². The Balaban J connectivity index is 2.22. The highest BCUT2D eigenvalue weighted by Crippen LogP contribution is 2.37. The third-order valence-electron chi connectivity index (χ3n) is 5.16. The van der Waals surface area contributed by atoms with Crippen LogP contribution >= 0.6 is 0 Å². The molecule has 1 atom stereocenters. The van der Waals surface area contributed by atoms with Crippen LogP contribution in [0.4, 0.5) is 4.79 Å². The molecule has 3 amide bonds. The number of nitrogens with zero attached hydrogens (tertiary/aromatic N) is 2. The van der Waals surface area contributed by atoms with Crippen LogP contribution in [-0.4, -0.2) is 48.7 Å². The van der Waals surface area contributed by atoms with Crippen LogP contribution in [0, 0.1) is 13.8 Å². The highest BCUT2D eigenvalue weighted by molar-refractivity contribution is 7.91. The summed E-state index contributed by atoms with van der Waals surface area (Å²) >= 11 is 0. The van der Waals surface area contributed by atoms with E-state index in [9.17, 15) is 31.2 Å². The van der Waals surface area contributed by atoms with Gasteiger partial charge in [0, 0.05) is 0 Å². The van der Waals surface area contributed by atoms with Crippen LogP contribution in [0.5, 0.6) is 0 Å². The van der Waals surface area contributed by atoms with Gasteiger partial charge in [0.05, 0.1) is 9.79 Å². The van der Waals surface area contributed by atoms with Crippen LogP contribution in [0.15, 0.2) is 58.3 Å². The lowest BCUT2D eigenvalue weighted by molar-refractivity contribution is -0.136. The number of amides is 3. The third-order valence-corrected chi connectivity index (χ3v) is 8.70. The van der Waals surface area contributed by atoms with Gasteiger partial charge in [0.15, 0.2) is 11.3 Å². The molecule has 1 fully saturated rings. The van der Waals surface area contributed by atoms with Gasteiger partial charge in [-0.1, -0.05) is 35.4 Å². The number of rotatable bonds is 5. The molecule has 0 spiro atoms. The molecule has 1 saturated heterocycles. The minimum atomic E-state index is -4.76. The molecule has 0 saturated carbocycles. The van der Waals surface area contributed by atoms with E-state index in [4.69, 9.17) is 0 Å². The Hall–Kier alpha value is -3.05. The highest BCUT2D eigenvalue weighted by Gasteiger charge is 2.65. The van der Waals surface area contributed by atoms with Crippen LogP contribution in [-0.2, 0) is 29.6 Å². The molecular formula is C20H20N2O7S2. The zero-order valence-corrected chi connectivity index (χ0v) is 18.8. The Morgan fingerprint density at radius 3 is 1.55 bits per heavy atom. The molecule has 0 aromatic heterocycles. The zero-order valence-electron chi connectivity index (χ0n) is 17.2. The van der Waals surface area contributed by atoms with E-state index >= 15 is 0 Å². The topological polar surface area (TPSA) is 126 Å². The molecule has 0 radical (unpaired) electrons. The number of Topliss-reactive ketones (excluding diaryl/α,β-unsaturated/α-hetero) is 1. The minimum Gasteiger partial charge on any atom is -0.297 e. The monoisotopic (exact) mass is 464 g/mol. The number of hydrogen-bond acceptors (Lipinski definition) is 7. The van der Waals surface area contributed by atoms with E-state index in [2.05, 4.69) is 0 Å². The van der Waals surface area contributed by atoms with Crippen LogP contribution in [0.25, 0.3) is 0 Å². The lowest BCUT2D eigenvalue weighted by Crippen LogP contribution is -2.54. The van der Waals surface area contributed by atoms with Gasteiger partial charge in [-0.3, -0.25) is 9.59 Å². The van der Waals surface area contributed by atoms with Crippen molar-refractivity contribution in [3.8, 4) is 0 Å². The summed E-state index contributed by atoms with van der Waals surface area (Å²) < 4.78 is 52.6. The number of carbonyl (C=O) groups excluding carboxylic acids is 3. The van der Waals surface area contributed by atoms with Gasteiger partial charge >= 0.3 is 6.03 Å². The van der Waals surface area contributed by atoms with Crippen molar-refractivity contribution in [3.63, 3.8) is 0 Å². The largest absolute Gasteiger partial charge is 0.356 e. The number of urea groups is 1. The molecule has 1 aliphatic heterocycles. The number of benzene rings is 2. The number of ketones is 1. The fourth-order valence-corrected chi connectivity index (χ4v) is 6.22. The average molecular weight is 465 g/mol. The minimum absolute atomic E-state index is 0.0566. The first-order valence-corrected chi connectivity index (χ1v) is 12.0. The summed E-state index contributed by atoms with van der Waals surface area (Å²) in [6.45, 7) is 5.28. The van der Waals surface area contributed by atoms with Crippen molar-refractivity contribution in [1.29, 1.82) is 0 Å². The molecule has 2 aromatic carbocycles. The number of carbonyl (C=O) groups is 3. The van der Waals surface area contributed by atoms with Gasteiger partial charge in [0.1, 0.15) is 0 Å². The smallest absolute Gasteiger partial charge is 0.297 e. The van der Waals surface area contributed by atoms with E-state index in [1.54, 1.807) is 13.8 Å². The lowest BCUT2D eigenvalue weighted by atomic mass is 9.98. The van der Waals surface area contributed by atoms with E-state index in [0.717, 1.165) is 25.0 Å². The predicted molar refractivity (Wildman–Crippen MR) is 110 cm³/mol. The Labute approximate surface area is 180 Å². The molecule has 31 heavy (non-hydrogen) atoms. The molecule has 2 aromatic rings. The first-order valence-electron chi connectivity index (χ1n) is 9.09. The Morgan fingerprint density at radius 1 is 0.774 bits per heavy atom. The van der Waals surface area contributed by atoms with Crippen molar-refractivity contribution in [3.05, 3.63) is 59.7 Å². The molecule has 11 heteroatoms. The van der Waals surface area contributed by atoms with E-state index in [-0.39, 0.29) is 18.4 Å². The van der Waals surface area contributed by atoms with Crippen LogP contribution < -0.4 is 0 Å². The normalized spacial score (nSPS) is 19.7. The quantitative estimate of drug-likeness (QED) is 0.489. The predicted octanol–water partition coefficient (Wildman–Crippen LogP) is 1.99. The first kappa shape index (κ1) is 22.6. The van der Waals surface area contributed by atoms with Gasteiger partial charge in [-0.15, -0.1) is 4.31 Å². The van der Waals surface area contributed by atoms with E-state index in [1.807, 2.05) is 0 Å². The van der Waals surface area contributed by atoms with Crippen LogP contribution in [0.2, 0.25) is 0 Å². The van der Waals surface area contributed by atoms with Crippen molar-refractivity contribution >= 4 is 37.8 Å². The van der Waals surface area contributed by atoms with Crippen molar-refractivity contribution in [2.75, 3.05) is 0 Å².